The highest BCUT2D eigenvalue weighted by atomic mass is 35.5. The lowest BCUT2D eigenvalue weighted by molar-refractivity contribution is -0.387. The van der Waals surface area contributed by atoms with Crippen LogP contribution in [0.15, 0.2) is 35.2 Å². The molecule has 1 N–H and O–H groups in total. The average molecular weight is 335 g/mol. The lowest BCUT2D eigenvalue weighted by Gasteiger charge is -2.08. The second kappa shape index (κ2) is 7.51. The van der Waals surface area contributed by atoms with E-state index in [1.807, 2.05) is 0 Å². The fourth-order valence-electron chi connectivity index (χ4n) is 1.43. The van der Waals surface area contributed by atoms with Gasteiger partial charge >= 0.3 is 0 Å². The number of ether oxygens (including phenoxy) is 1. The minimum atomic E-state index is -4.01. The molecule has 7 nitrogen and oxygen atoms in total. The smallest absolute Gasteiger partial charge is 0.290 e. The van der Waals surface area contributed by atoms with Crippen molar-refractivity contribution in [2.45, 2.75) is 11.8 Å². The molecule has 0 fully saturated rings. The van der Waals surface area contributed by atoms with Gasteiger partial charge in [-0.1, -0.05) is 23.8 Å². The van der Waals surface area contributed by atoms with E-state index in [0.29, 0.717) is 6.61 Å². The first-order chi connectivity index (χ1) is 9.74. The van der Waals surface area contributed by atoms with Crippen molar-refractivity contribution < 1.29 is 18.1 Å². The summed E-state index contributed by atoms with van der Waals surface area (Å²) in [6, 6.07) is 3.37. The molecule has 0 radical (unpaired) electrons. The third kappa shape index (κ3) is 5.43. The molecule has 9 heteroatoms. The van der Waals surface area contributed by atoms with Gasteiger partial charge < -0.3 is 4.74 Å². The molecule has 0 heterocycles. The highest BCUT2D eigenvalue weighted by Gasteiger charge is 2.25. The zero-order chi connectivity index (χ0) is 16.0. The van der Waals surface area contributed by atoms with Gasteiger partial charge in [0.2, 0.25) is 10.0 Å². The van der Waals surface area contributed by atoms with E-state index in [1.54, 1.807) is 6.92 Å². The molecular formula is C12H15ClN2O5S. The number of rotatable bonds is 8. The van der Waals surface area contributed by atoms with Crippen molar-refractivity contribution in [1.29, 1.82) is 0 Å². The van der Waals surface area contributed by atoms with Gasteiger partial charge in [0.05, 0.1) is 18.1 Å². The summed E-state index contributed by atoms with van der Waals surface area (Å²) in [5.41, 5.74) is 0.240. The average Bonchev–Trinajstić information content (AvgIpc) is 2.37. The maximum absolute atomic E-state index is 12.0. The van der Waals surface area contributed by atoms with Gasteiger partial charge in [-0.2, -0.15) is 0 Å². The fraction of sp³-hybridized carbons (Fsp3) is 0.333. The van der Waals surface area contributed by atoms with Crippen LogP contribution in [0.5, 0.6) is 0 Å². The van der Waals surface area contributed by atoms with Crippen molar-refractivity contribution in [2.75, 3.05) is 19.8 Å². The minimum absolute atomic E-state index is 0.00457. The molecule has 0 unspecified atom stereocenters. The molecule has 0 amide bonds. The monoisotopic (exact) mass is 334 g/mol. The van der Waals surface area contributed by atoms with E-state index in [-0.39, 0.29) is 18.2 Å². The maximum Gasteiger partial charge on any atom is 0.290 e. The summed E-state index contributed by atoms with van der Waals surface area (Å²) in [4.78, 5) is 9.67. The Morgan fingerprint density at radius 2 is 2.19 bits per heavy atom. The van der Waals surface area contributed by atoms with Crippen LogP contribution in [0.25, 0.3) is 0 Å². The highest BCUT2D eigenvalue weighted by molar-refractivity contribution is 7.89. The van der Waals surface area contributed by atoms with Crippen molar-refractivity contribution in [3.05, 3.63) is 45.5 Å². The summed E-state index contributed by atoms with van der Waals surface area (Å²) in [6.45, 7) is 5.87. The zero-order valence-electron chi connectivity index (χ0n) is 11.3. The molecular weight excluding hydrogens is 320 g/mol. The molecule has 0 aliphatic rings. The van der Waals surface area contributed by atoms with E-state index >= 15 is 0 Å². The van der Waals surface area contributed by atoms with Crippen LogP contribution in [0.3, 0.4) is 0 Å². The number of sulfonamides is 1. The highest BCUT2D eigenvalue weighted by Crippen LogP contribution is 2.26. The molecule has 0 aliphatic heterocycles. The molecule has 1 aromatic rings. The number of nitrogens with zero attached hydrogens (tertiary/aromatic N) is 1. The standard InChI is InChI=1S/C12H15ClN2O5S/c1-9(2)8-20-6-5-14-21(18,19)12-4-3-10(13)7-11(12)15(16)17/h3-4,7,14H,1,5-6,8H2,2H3. The fourth-order valence-corrected chi connectivity index (χ4v) is 2.76. The normalized spacial score (nSPS) is 11.3. The first kappa shape index (κ1) is 17.6. The quantitative estimate of drug-likeness (QED) is 0.340. The van der Waals surface area contributed by atoms with Gasteiger partial charge in [-0.3, -0.25) is 10.1 Å². The van der Waals surface area contributed by atoms with Gasteiger partial charge in [0, 0.05) is 17.6 Å². The number of nitrogens with one attached hydrogen (secondary N) is 1. The number of halogens is 1. The summed E-state index contributed by atoms with van der Waals surface area (Å²) < 4.78 is 31.4. The Labute approximate surface area is 127 Å². The van der Waals surface area contributed by atoms with Gasteiger partial charge in [-0.25, -0.2) is 13.1 Å². The maximum atomic E-state index is 12.0. The van der Waals surface area contributed by atoms with Gasteiger partial charge in [0.1, 0.15) is 0 Å². The van der Waals surface area contributed by atoms with E-state index < -0.39 is 25.5 Å². The van der Waals surface area contributed by atoms with Crippen LogP contribution in [0.2, 0.25) is 5.02 Å². The summed E-state index contributed by atoms with van der Waals surface area (Å²) in [7, 11) is -4.01. The molecule has 0 aromatic heterocycles. The van der Waals surface area contributed by atoms with Crippen LogP contribution in [-0.4, -0.2) is 33.1 Å². The van der Waals surface area contributed by atoms with Gasteiger partial charge in [0.15, 0.2) is 4.90 Å². The van der Waals surface area contributed by atoms with Crippen molar-refractivity contribution in [2.24, 2.45) is 0 Å². The second-order valence-electron chi connectivity index (χ2n) is 4.28. The number of nitro groups is 1. The first-order valence-electron chi connectivity index (χ1n) is 5.90. The minimum Gasteiger partial charge on any atom is -0.376 e. The van der Waals surface area contributed by atoms with Crippen LogP contribution in [0.4, 0.5) is 5.69 Å². The predicted molar refractivity (Wildman–Crippen MR) is 78.9 cm³/mol. The lowest BCUT2D eigenvalue weighted by atomic mass is 10.3. The Hall–Kier alpha value is -1.48. The van der Waals surface area contributed by atoms with Crippen LogP contribution < -0.4 is 4.72 Å². The molecule has 0 atom stereocenters. The Morgan fingerprint density at radius 3 is 2.76 bits per heavy atom. The van der Waals surface area contributed by atoms with Crippen LogP contribution in [0.1, 0.15) is 6.92 Å². The Morgan fingerprint density at radius 1 is 1.52 bits per heavy atom. The van der Waals surface area contributed by atoms with E-state index in [4.69, 9.17) is 16.3 Å². The van der Waals surface area contributed by atoms with E-state index in [0.717, 1.165) is 17.7 Å². The molecule has 1 rings (SSSR count). The van der Waals surface area contributed by atoms with Gasteiger partial charge in [-0.15, -0.1) is 0 Å². The summed E-state index contributed by atoms with van der Waals surface area (Å²) >= 11 is 5.64. The van der Waals surface area contributed by atoms with Crippen LogP contribution in [0, 0.1) is 10.1 Å². The molecule has 0 saturated carbocycles. The van der Waals surface area contributed by atoms with Gasteiger partial charge in [0.25, 0.3) is 5.69 Å². The number of hydrogen-bond acceptors (Lipinski definition) is 5. The summed E-state index contributed by atoms with van der Waals surface area (Å²) in [5, 5.41) is 11.0. The molecule has 21 heavy (non-hydrogen) atoms. The molecule has 0 aliphatic carbocycles. The topological polar surface area (TPSA) is 98.5 Å². The number of nitro benzene ring substituents is 1. The number of hydrogen-bond donors (Lipinski definition) is 1. The van der Waals surface area contributed by atoms with Crippen LogP contribution >= 0.6 is 11.6 Å². The van der Waals surface area contributed by atoms with E-state index in [2.05, 4.69) is 11.3 Å². The zero-order valence-corrected chi connectivity index (χ0v) is 12.9. The molecule has 116 valence electrons. The van der Waals surface area contributed by atoms with E-state index in [1.165, 1.54) is 6.07 Å². The molecule has 0 bridgehead atoms. The summed E-state index contributed by atoms with van der Waals surface area (Å²) in [6.07, 6.45) is 0. The third-order valence-electron chi connectivity index (χ3n) is 2.29. The molecule has 1 aromatic carbocycles. The van der Waals surface area contributed by atoms with Crippen molar-refractivity contribution in [1.82, 2.24) is 4.72 Å². The lowest BCUT2D eigenvalue weighted by Crippen LogP contribution is -2.28. The Bertz CT molecular complexity index is 645. The number of benzene rings is 1. The third-order valence-corrected chi connectivity index (χ3v) is 4.04. The SMILES string of the molecule is C=C(C)COCCNS(=O)(=O)c1ccc(Cl)cc1[N+](=O)[O-]. The van der Waals surface area contributed by atoms with Crippen molar-refractivity contribution in [3.63, 3.8) is 0 Å². The molecule has 0 spiro atoms. The second-order valence-corrected chi connectivity index (χ2v) is 6.45. The first-order valence-corrected chi connectivity index (χ1v) is 7.76. The van der Waals surface area contributed by atoms with Crippen LogP contribution in [-0.2, 0) is 14.8 Å². The Kier molecular flexibility index (Phi) is 6.28. The Balaban J connectivity index is 2.79. The van der Waals surface area contributed by atoms with Crippen molar-refractivity contribution in [3.8, 4) is 0 Å². The largest absolute Gasteiger partial charge is 0.376 e. The summed E-state index contributed by atoms with van der Waals surface area (Å²) in [5.74, 6) is 0. The van der Waals surface area contributed by atoms with E-state index in [9.17, 15) is 18.5 Å². The molecule has 0 saturated heterocycles. The predicted octanol–water partition coefficient (Wildman–Crippen LogP) is 2.12. The van der Waals surface area contributed by atoms with Gasteiger partial charge in [-0.05, 0) is 19.1 Å². The van der Waals surface area contributed by atoms with Crippen molar-refractivity contribution >= 4 is 27.3 Å².